The van der Waals surface area contributed by atoms with Crippen molar-refractivity contribution in [3.63, 3.8) is 0 Å². The van der Waals surface area contributed by atoms with E-state index in [1.54, 1.807) is 31.5 Å². The maximum Gasteiger partial charge on any atom is 0.282 e. The minimum atomic E-state index is -0.286. The molecule has 7 nitrogen and oxygen atoms in total. The van der Waals surface area contributed by atoms with Crippen LogP contribution in [-0.4, -0.2) is 29.1 Å². The van der Waals surface area contributed by atoms with E-state index in [2.05, 4.69) is 12.0 Å². The number of ether oxygens (including phenoxy) is 2. The number of nitrogens with zero attached hydrogens (tertiary/aromatic N) is 3. The Kier molecular flexibility index (Phi) is 6.06. The zero-order chi connectivity index (χ0) is 24.4. The average molecular weight is 468 g/mol. The Bertz CT molecular complexity index is 1580. The van der Waals surface area contributed by atoms with Crippen molar-refractivity contribution in [1.82, 2.24) is 9.66 Å². The molecule has 2 aromatic heterocycles. The third kappa shape index (κ3) is 4.40. The van der Waals surface area contributed by atoms with Gasteiger partial charge in [-0.3, -0.25) is 4.79 Å². The predicted octanol–water partition coefficient (Wildman–Crippen LogP) is 5.88. The van der Waals surface area contributed by atoms with Gasteiger partial charge in [-0.1, -0.05) is 25.1 Å². The summed E-state index contributed by atoms with van der Waals surface area (Å²) in [6.45, 7) is 4.11. The molecule has 0 spiro atoms. The lowest BCUT2D eigenvalue weighted by Crippen LogP contribution is -2.20. The van der Waals surface area contributed by atoms with Crippen molar-refractivity contribution in [1.29, 1.82) is 0 Å². The predicted molar refractivity (Wildman–Crippen MR) is 138 cm³/mol. The summed E-state index contributed by atoms with van der Waals surface area (Å²) in [6, 6.07) is 22.1. The molecule has 35 heavy (non-hydrogen) atoms. The first-order valence-electron chi connectivity index (χ1n) is 11.5. The molecular weight excluding hydrogens is 442 g/mol. The molecule has 0 fully saturated rings. The van der Waals surface area contributed by atoms with Gasteiger partial charge in [-0.15, -0.1) is 0 Å². The zero-order valence-electron chi connectivity index (χ0n) is 19.8. The van der Waals surface area contributed by atoms with Crippen LogP contribution in [0.4, 0.5) is 0 Å². The lowest BCUT2D eigenvalue weighted by atomic mass is 10.2. The molecule has 0 bridgehead atoms. The molecule has 0 N–H and O–H groups in total. The summed E-state index contributed by atoms with van der Waals surface area (Å²) in [5.41, 5.74) is 1.73. The molecular formula is C28H25N3O4. The summed E-state index contributed by atoms with van der Waals surface area (Å²) in [5.74, 6) is 2.19. The highest BCUT2D eigenvalue weighted by atomic mass is 16.5. The van der Waals surface area contributed by atoms with Crippen LogP contribution in [-0.2, 0) is 0 Å². The van der Waals surface area contributed by atoms with Crippen LogP contribution in [0.1, 0.15) is 25.8 Å². The standard InChI is InChI=1S/C28H25N3O4/c1-4-18(2)34-20-14-12-19(13-15-20)17-29-31-27(30-23-9-6-5-8-21(23)28(31)32)26-16-22-24(33-3)10-7-11-25(22)35-26/h5-18H,4H2,1-3H3/t18-/m0/s1. The number of hydrogen-bond donors (Lipinski definition) is 0. The van der Waals surface area contributed by atoms with Crippen molar-refractivity contribution in [3.05, 3.63) is 88.7 Å². The molecule has 2 heterocycles. The second-order valence-corrected chi connectivity index (χ2v) is 8.20. The third-order valence-corrected chi connectivity index (χ3v) is 5.83. The minimum absolute atomic E-state index is 0.141. The Hall–Kier alpha value is -4.39. The Morgan fingerprint density at radius 3 is 2.63 bits per heavy atom. The number of furan rings is 1. The summed E-state index contributed by atoms with van der Waals surface area (Å²) >= 11 is 0. The average Bonchev–Trinajstić information content (AvgIpc) is 3.33. The van der Waals surface area contributed by atoms with E-state index in [4.69, 9.17) is 18.9 Å². The first kappa shape index (κ1) is 22.4. The van der Waals surface area contributed by atoms with Crippen LogP contribution < -0.4 is 15.0 Å². The van der Waals surface area contributed by atoms with Gasteiger partial charge in [0.15, 0.2) is 5.76 Å². The zero-order valence-corrected chi connectivity index (χ0v) is 19.8. The van der Waals surface area contributed by atoms with Crippen molar-refractivity contribution in [2.75, 3.05) is 7.11 Å². The fourth-order valence-electron chi connectivity index (χ4n) is 3.79. The van der Waals surface area contributed by atoms with Crippen LogP contribution >= 0.6 is 0 Å². The number of para-hydroxylation sites is 1. The number of aromatic nitrogens is 2. The van der Waals surface area contributed by atoms with E-state index in [1.807, 2.05) is 61.5 Å². The summed E-state index contributed by atoms with van der Waals surface area (Å²) < 4.78 is 18.6. The van der Waals surface area contributed by atoms with Crippen molar-refractivity contribution in [2.24, 2.45) is 5.10 Å². The van der Waals surface area contributed by atoms with Crippen LogP contribution in [0.2, 0.25) is 0 Å². The van der Waals surface area contributed by atoms with Crippen molar-refractivity contribution in [3.8, 4) is 23.1 Å². The number of fused-ring (bicyclic) bond motifs is 2. The quantitative estimate of drug-likeness (QED) is 0.279. The van der Waals surface area contributed by atoms with Gasteiger partial charge in [0.2, 0.25) is 5.82 Å². The molecule has 0 radical (unpaired) electrons. The van der Waals surface area contributed by atoms with Gasteiger partial charge in [-0.05, 0) is 73.5 Å². The van der Waals surface area contributed by atoms with E-state index in [0.29, 0.717) is 33.8 Å². The fourth-order valence-corrected chi connectivity index (χ4v) is 3.79. The molecule has 0 aliphatic carbocycles. The van der Waals surface area contributed by atoms with Gasteiger partial charge in [0.25, 0.3) is 5.56 Å². The lowest BCUT2D eigenvalue weighted by Gasteiger charge is -2.12. The maximum absolute atomic E-state index is 13.4. The Labute approximate surface area is 202 Å². The van der Waals surface area contributed by atoms with Crippen LogP contribution in [0.3, 0.4) is 0 Å². The molecule has 0 aliphatic heterocycles. The van der Waals surface area contributed by atoms with Gasteiger partial charge < -0.3 is 13.9 Å². The monoisotopic (exact) mass is 467 g/mol. The Morgan fingerprint density at radius 2 is 1.86 bits per heavy atom. The topological polar surface area (TPSA) is 78.8 Å². The smallest absolute Gasteiger partial charge is 0.282 e. The molecule has 1 atom stereocenters. The van der Waals surface area contributed by atoms with Gasteiger partial charge in [-0.2, -0.15) is 9.78 Å². The highest BCUT2D eigenvalue weighted by Gasteiger charge is 2.17. The molecule has 0 saturated heterocycles. The molecule has 5 rings (SSSR count). The second kappa shape index (κ2) is 9.46. The van der Waals surface area contributed by atoms with E-state index < -0.39 is 0 Å². The van der Waals surface area contributed by atoms with Crippen LogP contribution in [0.5, 0.6) is 11.5 Å². The number of methoxy groups -OCH3 is 1. The number of benzene rings is 3. The molecule has 0 amide bonds. The summed E-state index contributed by atoms with van der Waals surface area (Å²) in [7, 11) is 1.61. The molecule has 3 aromatic carbocycles. The summed E-state index contributed by atoms with van der Waals surface area (Å²) in [4.78, 5) is 18.1. The van der Waals surface area contributed by atoms with E-state index in [1.165, 1.54) is 4.68 Å². The van der Waals surface area contributed by atoms with Crippen LogP contribution in [0.15, 0.2) is 87.1 Å². The van der Waals surface area contributed by atoms with Gasteiger partial charge in [0, 0.05) is 0 Å². The van der Waals surface area contributed by atoms with Crippen molar-refractivity contribution >= 4 is 28.1 Å². The maximum atomic E-state index is 13.4. The minimum Gasteiger partial charge on any atom is -0.496 e. The Balaban J connectivity index is 1.60. The molecule has 0 aliphatic rings. The highest BCUT2D eigenvalue weighted by molar-refractivity contribution is 5.88. The third-order valence-electron chi connectivity index (χ3n) is 5.83. The van der Waals surface area contributed by atoms with E-state index in [-0.39, 0.29) is 11.7 Å². The van der Waals surface area contributed by atoms with Crippen molar-refractivity contribution in [2.45, 2.75) is 26.4 Å². The van der Waals surface area contributed by atoms with Gasteiger partial charge in [0.05, 0.1) is 35.7 Å². The fraction of sp³-hybridized carbons (Fsp3) is 0.179. The van der Waals surface area contributed by atoms with E-state index >= 15 is 0 Å². The Morgan fingerprint density at radius 1 is 1.06 bits per heavy atom. The molecule has 0 unspecified atom stereocenters. The molecule has 7 heteroatoms. The van der Waals surface area contributed by atoms with Crippen molar-refractivity contribution < 1.29 is 13.9 Å². The first-order chi connectivity index (χ1) is 17.1. The normalized spacial score (nSPS) is 12.4. The summed E-state index contributed by atoms with van der Waals surface area (Å²) in [5, 5.41) is 5.77. The van der Waals surface area contributed by atoms with Gasteiger partial charge in [0.1, 0.15) is 17.1 Å². The van der Waals surface area contributed by atoms with Gasteiger partial charge >= 0.3 is 0 Å². The van der Waals surface area contributed by atoms with Crippen LogP contribution in [0.25, 0.3) is 33.5 Å². The lowest BCUT2D eigenvalue weighted by molar-refractivity contribution is 0.217. The van der Waals surface area contributed by atoms with E-state index in [0.717, 1.165) is 23.1 Å². The molecule has 5 aromatic rings. The van der Waals surface area contributed by atoms with Crippen LogP contribution in [0, 0.1) is 0 Å². The van der Waals surface area contributed by atoms with Gasteiger partial charge in [-0.25, -0.2) is 4.98 Å². The largest absolute Gasteiger partial charge is 0.496 e. The number of hydrogen-bond acceptors (Lipinski definition) is 6. The number of rotatable bonds is 7. The molecule has 0 saturated carbocycles. The first-order valence-corrected chi connectivity index (χ1v) is 11.5. The SMILES string of the molecule is CC[C@H](C)Oc1ccc(C=Nn2c(-c3cc4c(OC)cccc4o3)nc3ccccc3c2=O)cc1. The van der Waals surface area contributed by atoms with E-state index in [9.17, 15) is 4.79 Å². The molecule has 176 valence electrons. The highest BCUT2D eigenvalue weighted by Crippen LogP contribution is 2.32. The second-order valence-electron chi connectivity index (χ2n) is 8.20. The summed E-state index contributed by atoms with van der Waals surface area (Å²) in [6.07, 6.45) is 2.69.